The van der Waals surface area contributed by atoms with Crippen molar-refractivity contribution in [2.24, 2.45) is 0 Å². The third-order valence-electron chi connectivity index (χ3n) is 2.66. The monoisotopic (exact) mass is 219 g/mol. The molecule has 0 spiro atoms. The summed E-state index contributed by atoms with van der Waals surface area (Å²) in [5.41, 5.74) is 0. The van der Waals surface area contributed by atoms with Crippen molar-refractivity contribution in [3.63, 3.8) is 0 Å². The lowest BCUT2D eigenvalue weighted by molar-refractivity contribution is 0.330. The molecule has 78 valence electrons. The molecule has 0 aliphatic carbocycles. The molecule has 1 nitrogen and oxygen atoms in total. The van der Waals surface area contributed by atoms with Gasteiger partial charge in [-0.1, -0.05) is 13.8 Å². The van der Waals surface area contributed by atoms with Crippen molar-refractivity contribution in [2.75, 3.05) is 25.1 Å². The lowest BCUT2D eigenvalue weighted by atomic mass is 10.2. The molecule has 13 heavy (non-hydrogen) atoms. The molecule has 1 fully saturated rings. The van der Waals surface area contributed by atoms with Crippen LogP contribution in [0.1, 0.15) is 27.2 Å². The number of nitrogens with zero attached hydrogens (tertiary/aromatic N) is 1. The summed E-state index contributed by atoms with van der Waals surface area (Å²) in [4.78, 5) is 2.49. The maximum Gasteiger partial charge on any atom is 0.0751 e. The quantitative estimate of drug-likeness (QED) is 0.669. The van der Waals surface area contributed by atoms with E-state index in [1.807, 2.05) is 0 Å². The van der Waals surface area contributed by atoms with Gasteiger partial charge in [0.05, 0.1) is 4.08 Å². The van der Waals surface area contributed by atoms with Crippen LogP contribution in [0.3, 0.4) is 0 Å². The van der Waals surface area contributed by atoms with E-state index in [-0.39, 0.29) is 0 Å². The Morgan fingerprint density at radius 1 is 1.31 bits per heavy atom. The van der Waals surface area contributed by atoms with Crippen LogP contribution in [-0.2, 0) is 0 Å². The van der Waals surface area contributed by atoms with Crippen LogP contribution in [0.25, 0.3) is 0 Å². The van der Waals surface area contributed by atoms with Gasteiger partial charge in [-0.3, -0.25) is 0 Å². The summed E-state index contributed by atoms with van der Waals surface area (Å²) in [7, 11) is 2.25. The van der Waals surface area contributed by atoms with E-state index in [0.717, 1.165) is 6.04 Å². The summed E-state index contributed by atoms with van der Waals surface area (Å²) in [6, 6.07) is 0.762. The predicted molar refractivity (Wildman–Crippen MR) is 65.7 cm³/mol. The third kappa shape index (κ3) is 2.80. The van der Waals surface area contributed by atoms with Gasteiger partial charge in [0.15, 0.2) is 0 Å². The zero-order chi connectivity index (χ0) is 9.90. The van der Waals surface area contributed by atoms with E-state index < -0.39 is 0 Å². The van der Waals surface area contributed by atoms with Crippen molar-refractivity contribution < 1.29 is 0 Å². The largest absolute Gasteiger partial charge is 0.301 e. The number of likely N-dealkylation sites (tertiary alicyclic amines) is 1. The van der Waals surface area contributed by atoms with Crippen LogP contribution < -0.4 is 0 Å². The Morgan fingerprint density at radius 2 is 1.85 bits per heavy atom. The molecular weight excluding hydrogens is 198 g/mol. The van der Waals surface area contributed by atoms with Crippen molar-refractivity contribution in [1.82, 2.24) is 4.90 Å². The number of rotatable bonds is 4. The molecule has 1 aliphatic rings. The van der Waals surface area contributed by atoms with Gasteiger partial charge in [-0.2, -0.15) is 0 Å². The first-order valence-electron chi connectivity index (χ1n) is 5.11. The maximum atomic E-state index is 2.49. The van der Waals surface area contributed by atoms with Gasteiger partial charge in [0.25, 0.3) is 0 Å². The Labute approximate surface area is 91.0 Å². The fourth-order valence-electron chi connectivity index (χ4n) is 1.98. The highest BCUT2D eigenvalue weighted by molar-refractivity contribution is 8.18. The Hall–Kier alpha value is 0.660. The lowest BCUT2D eigenvalue weighted by Crippen LogP contribution is -2.26. The van der Waals surface area contributed by atoms with Crippen molar-refractivity contribution in [1.29, 1.82) is 0 Å². The van der Waals surface area contributed by atoms with E-state index in [2.05, 4.69) is 56.2 Å². The van der Waals surface area contributed by atoms with Crippen molar-refractivity contribution in [2.45, 2.75) is 37.3 Å². The minimum atomic E-state index is 0.498. The van der Waals surface area contributed by atoms with Crippen LogP contribution in [0.4, 0.5) is 0 Å². The van der Waals surface area contributed by atoms with Crippen LogP contribution in [0.15, 0.2) is 0 Å². The van der Waals surface area contributed by atoms with Crippen molar-refractivity contribution in [3.05, 3.63) is 0 Å². The average Bonchev–Trinajstić information content (AvgIpc) is 2.29. The Balaban J connectivity index is 2.58. The zero-order valence-corrected chi connectivity index (χ0v) is 10.8. The highest BCUT2D eigenvalue weighted by Crippen LogP contribution is 2.46. The molecule has 3 heteroatoms. The van der Waals surface area contributed by atoms with Gasteiger partial charge in [0, 0.05) is 12.6 Å². The number of thioether (sulfide) groups is 2. The molecule has 0 radical (unpaired) electrons. The van der Waals surface area contributed by atoms with Crippen molar-refractivity contribution >= 4 is 23.5 Å². The molecule has 1 aliphatic heterocycles. The van der Waals surface area contributed by atoms with E-state index in [9.17, 15) is 0 Å². The molecule has 0 amide bonds. The van der Waals surface area contributed by atoms with E-state index in [1.54, 1.807) is 0 Å². The fourth-order valence-corrected chi connectivity index (χ4v) is 5.38. The lowest BCUT2D eigenvalue weighted by Gasteiger charge is -2.26. The van der Waals surface area contributed by atoms with Crippen LogP contribution in [-0.4, -0.2) is 40.1 Å². The second-order valence-electron chi connectivity index (χ2n) is 3.74. The molecular formula is C10H21NS2. The minimum Gasteiger partial charge on any atom is -0.301 e. The topological polar surface area (TPSA) is 3.24 Å². The van der Waals surface area contributed by atoms with Gasteiger partial charge in [0.1, 0.15) is 0 Å². The molecule has 1 saturated heterocycles. The SMILES string of the molecule is CCSC1(SCC)C[C@@H](C)N(C)C1. The highest BCUT2D eigenvalue weighted by Gasteiger charge is 2.40. The minimum absolute atomic E-state index is 0.498. The van der Waals surface area contributed by atoms with Gasteiger partial charge >= 0.3 is 0 Å². The predicted octanol–water partition coefficient (Wildman–Crippen LogP) is 2.91. The van der Waals surface area contributed by atoms with E-state index >= 15 is 0 Å². The summed E-state index contributed by atoms with van der Waals surface area (Å²) in [6.45, 7) is 8.14. The molecule has 0 bridgehead atoms. The normalized spacial score (nSPS) is 28.2. The average molecular weight is 219 g/mol. The molecule has 0 N–H and O–H groups in total. The summed E-state index contributed by atoms with van der Waals surface area (Å²) < 4.78 is 0.498. The summed E-state index contributed by atoms with van der Waals surface area (Å²) in [5.74, 6) is 2.49. The smallest absolute Gasteiger partial charge is 0.0751 e. The van der Waals surface area contributed by atoms with E-state index in [4.69, 9.17) is 0 Å². The second-order valence-corrected chi connectivity index (χ2v) is 7.30. The first kappa shape index (κ1) is 11.7. The summed E-state index contributed by atoms with van der Waals surface area (Å²) in [6.07, 6.45) is 1.35. The second kappa shape index (κ2) is 4.94. The molecule has 0 aromatic rings. The number of hydrogen-bond acceptors (Lipinski definition) is 3. The van der Waals surface area contributed by atoms with Crippen LogP contribution in [0.5, 0.6) is 0 Å². The highest BCUT2D eigenvalue weighted by atomic mass is 32.2. The Morgan fingerprint density at radius 3 is 2.15 bits per heavy atom. The first-order valence-corrected chi connectivity index (χ1v) is 7.09. The molecule has 1 heterocycles. The third-order valence-corrected chi connectivity index (χ3v) is 5.59. The standard InChI is InChI=1S/C10H21NS2/c1-5-12-10(13-6-2)7-9(3)11(4)8-10/h9H,5-8H2,1-4H3/t9-/m1/s1. The van der Waals surface area contributed by atoms with Gasteiger partial charge in [0.2, 0.25) is 0 Å². The zero-order valence-electron chi connectivity index (χ0n) is 9.17. The Bertz CT molecular complexity index is 143. The molecule has 1 atom stereocenters. The van der Waals surface area contributed by atoms with Crippen LogP contribution in [0.2, 0.25) is 0 Å². The molecule has 1 rings (SSSR count). The van der Waals surface area contributed by atoms with Gasteiger partial charge in [-0.05, 0) is 31.9 Å². The molecule has 0 unspecified atom stereocenters. The molecule has 0 saturated carbocycles. The fraction of sp³-hybridized carbons (Fsp3) is 1.00. The molecule has 0 aromatic carbocycles. The number of hydrogen-bond donors (Lipinski definition) is 0. The summed E-state index contributed by atoms with van der Waals surface area (Å²) >= 11 is 4.28. The van der Waals surface area contributed by atoms with E-state index in [0.29, 0.717) is 4.08 Å². The van der Waals surface area contributed by atoms with Crippen LogP contribution >= 0.6 is 23.5 Å². The summed E-state index contributed by atoms with van der Waals surface area (Å²) in [5, 5.41) is 0. The first-order chi connectivity index (χ1) is 6.13. The van der Waals surface area contributed by atoms with Gasteiger partial charge < -0.3 is 4.90 Å². The maximum absolute atomic E-state index is 2.49. The molecule has 0 aromatic heterocycles. The van der Waals surface area contributed by atoms with Gasteiger partial charge in [-0.15, -0.1) is 23.5 Å². The van der Waals surface area contributed by atoms with E-state index in [1.165, 1.54) is 24.5 Å². The van der Waals surface area contributed by atoms with Crippen molar-refractivity contribution in [3.8, 4) is 0 Å². The van der Waals surface area contributed by atoms with Gasteiger partial charge in [-0.25, -0.2) is 0 Å². The Kier molecular flexibility index (Phi) is 4.46. The van der Waals surface area contributed by atoms with Crippen LogP contribution in [0, 0.1) is 0 Å².